The molecule has 0 saturated heterocycles. The van der Waals surface area contributed by atoms with Gasteiger partial charge in [-0.05, 0) is 19.1 Å². The van der Waals surface area contributed by atoms with Crippen LogP contribution in [0.3, 0.4) is 0 Å². The van der Waals surface area contributed by atoms with E-state index >= 15 is 0 Å². The number of aromatic hydroxyl groups is 1. The van der Waals surface area contributed by atoms with Crippen molar-refractivity contribution in [1.82, 2.24) is 0 Å². The van der Waals surface area contributed by atoms with E-state index in [1.54, 1.807) is 31.2 Å². The lowest BCUT2D eigenvalue weighted by atomic mass is 10.2. The molecule has 2 rings (SSSR count). The summed E-state index contributed by atoms with van der Waals surface area (Å²) in [5, 5.41) is 8.63. The number of para-hydroxylation sites is 1. The Hall–Kier alpha value is -1.51. The van der Waals surface area contributed by atoms with Gasteiger partial charge >= 0.3 is 0 Å². The fraction of sp³-hybridized carbons (Fsp3) is 0.0714. The Morgan fingerprint density at radius 1 is 0.833 bits per heavy atom. The van der Waals surface area contributed by atoms with Crippen LogP contribution in [0.2, 0.25) is 0 Å². The third-order valence-corrected chi connectivity index (χ3v) is 1.94. The van der Waals surface area contributed by atoms with Crippen LogP contribution < -0.4 is 0 Å². The quantitative estimate of drug-likeness (QED) is 0.801. The molecule has 0 aliphatic carbocycles. The number of ketones is 1. The number of rotatable bonds is 1. The third-order valence-electron chi connectivity index (χ3n) is 1.94. The SMILES string of the molecule is CC(=O)c1ccccc1.Cl.Cl.Oc1ccccc1. The second-order valence-corrected chi connectivity index (χ2v) is 3.26. The van der Waals surface area contributed by atoms with Crippen LogP contribution >= 0.6 is 24.8 Å². The molecular weight excluding hydrogens is 271 g/mol. The van der Waals surface area contributed by atoms with Gasteiger partial charge in [-0.2, -0.15) is 0 Å². The van der Waals surface area contributed by atoms with Crippen molar-refractivity contribution in [1.29, 1.82) is 0 Å². The van der Waals surface area contributed by atoms with Crippen molar-refractivity contribution in [3.63, 3.8) is 0 Å². The lowest BCUT2D eigenvalue weighted by molar-refractivity contribution is 0.101. The van der Waals surface area contributed by atoms with Gasteiger partial charge in [0, 0.05) is 5.56 Å². The number of phenols is 1. The predicted molar refractivity (Wildman–Crippen MR) is 79.0 cm³/mol. The van der Waals surface area contributed by atoms with E-state index in [4.69, 9.17) is 5.11 Å². The van der Waals surface area contributed by atoms with E-state index in [-0.39, 0.29) is 30.6 Å². The minimum absolute atomic E-state index is 0. The van der Waals surface area contributed by atoms with E-state index < -0.39 is 0 Å². The standard InChI is InChI=1S/C8H8O.C6H6O.2ClH/c1-7(9)8-5-3-2-4-6-8;7-6-4-2-1-3-5-6;;/h2-6H,1H3;1-5,7H;2*1H. The molecule has 4 heteroatoms. The molecular formula is C14H16Cl2O2. The number of hydrogen-bond donors (Lipinski definition) is 1. The van der Waals surface area contributed by atoms with Crippen LogP contribution in [0.1, 0.15) is 17.3 Å². The molecule has 0 bridgehead atoms. The van der Waals surface area contributed by atoms with E-state index in [9.17, 15) is 4.79 Å². The summed E-state index contributed by atoms with van der Waals surface area (Å²) in [5.74, 6) is 0.443. The summed E-state index contributed by atoms with van der Waals surface area (Å²) in [6.45, 7) is 1.56. The van der Waals surface area contributed by atoms with Crippen molar-refractivity contribution in [2.45, 2.75) is 6.92 Å². The molecule has 0 radical (unpaired) electrons. The summed E-state index contributed by atoms with van der Waals surface area (Å²) in [7, 11) is 0. The molecule has 0 unspecified atom stereocenters. The molecule has 0 amide bonds. The highest BCUT2D eigenvalue weighted by molar-refractivity contribution is 5.93. The molecule has 0 aliphatic heterocycles. The zero-order chi connectivity index (χ0) is 11.8. The second kappa shape index (κ2) is 10.6. The molecule has 0 heterocycles. The first-order chi connectivity index (χ1) is 7.70. The monoisotopic (exact) mass is 286 g/mol. The molecule has 1 N–H and O–H groups in total. The van der Waals surface area contributed by atoms with Crippen molar-refractivity contribution in [3.8, 4) is 5.75 Å². The minimum Gasteiger partial charge on any atom is -0.508 e. The lowest BCUT2D eigenvalue weighted by Crippen LogP contribution is -1.88. The fourth-order valence-corrected chi connectivity index (χ4v) is 1.10. The van der Waals surface area contributed by atoms with Gasteiger partial charge in [0.1, 0.15) is 5.75 Å². The number of carbonyl (C=O) groups excluding carboxylic acids is 1. The third kappa shape index (κ3) is 7.71. The highest BCUT2D eigenvalue weighted by Gasteiger charge is 1.92. The fourth-order valence-electron chi connectivity index (χ4n) is 1.10. The minimum atomic E-state index is 0. The molecule has 0 aromatic heterocycles. The van der Waals surface area contributed by atoms with Crippen molar-refractivity contribution >= 4 is 30.6 Å². The first-order valence-corrected chi connectivity index (χ1v) is 5.00. The molecule has 0 saturated carbocycles. The largest absolute Gasteiger partial charge is 0.508 e. The lowest BCUT2D eigenvalue weighted by Gasteiger charge is -1.89. The Kier molecular flexibility index (Phi) is 11.1. The zero-order valence-electron chi connectivity index (χ0n) is 9.95. The second-order valence-electron chi connectivity index (χ2n) is 3.26. The average molecular weight is 287 g/mol. The molecule has 0 aliphatic rings. The van der Waals surface area contributed by atoms with Crippen molar-refractivity contribution in [2.75, 3.05) is 0 Å². The molecule has 98 valence electrons. The average Bonchev–Trinajstić information content (AvgIpc) is 2.32. The number of halogens is 2. The van der Waals surface area contributed by atoms with Gasteiger partial charge in [0.15, 0.2) is 5.78 Å². The number of benzene rings is 2. The highest BCUT2D eigenvalue weighted by Crippen LogP contribution is 2.02. The highest BCUT2D eigenvalue weighted by atomic mass is 35.5. The first-order valence-electron chi connectivity index (χ1n) is 5.00. The first kappa shape index (κ1) is 18.8. The molecule has 0 atom stereocenters. The molecule has 0 fully saturated rings. The van der Waals surface area contributed by atoms with E-state index in [1.807, 2.05) is 36.4 Å². The molecule has 0 spiro atoms. The number of carbonyl (C=O) groups is 1. The Morgan fingerprint density at radius 3 is 1.44 bits per heavy atom. The Labute approximate surface area is 119 Å². The van der Waals surface area contributed by atoms with Crippen LogP contribution in [0.4, 0.5) is 0 Å². The Balaban J connectivity index is 0. The summed E-state index contributed by atoms with van der Waals surface area (Å²) in [5.41, 5.74) is 0.775. The van der Waals surface area contributed by atoms with Crippen LogP contribution in [0, 0.1) is 0 Å². The number of Topliss-reactive ketones (excluding diaryl/α,β-unsaturated/α-hetero) is 1. The molecule has 2 nitrogen and oxygen atoms in total. The summed E-state index contributed by atoms with van der Waals surface area (Å²) < 4.78 is 0. The topological polar surface area (TPSA) is 37.3 Å². The maximum absolute atomic E-state index is 10.6. The molecule has 2 aromatic rings. The number of phenolic OH excluding ortho intramolecular Hbond substituents is 1. The number of hydrogen-bond acceptors (Lipinski definition) is 2. The zero-order valence-corrected chi connectivity index (χ0v) is 11.6. The van der Waals surface area contributed by atoms with Gasteiger partial charge in [-0.3, -0.25) is 4.79 Å². The normalized spacial score (nSPS) is 7.83. The summed E-state index contributed by atoms with van der Waals surface area (Å²) in [6.07, 6.45) is 0. The van der Waals surface area contributed by atoms with Gasteiger partial charge in [-0.15, -0.1) is 24.8 Å². The van der Waals surface area contributed by atoms with E-state index in [2.05, 4.69) is 0 Å². The summed E-state index contributed by atoms with van der Waals surface area (Å²) in [4.78, 5) is 10.6. The van der Waals surface area contributed by atoms with Gasteiger partial charge < -0.3 is 5.11 Å². The van der Waals surface area contributed by atoms with Gasteiger partial charge in [0.05, 0.1) is 0 Å². The molecule has 2 aromatic carbocycles. The van der Waals surface area contributed by atoms with Crippen LogP contribution in [-0.2, 0) is 0 Å². The smallest absolute Gasteiger partial charge is 0.159 e. The van der Waals surface area contributed by atoms with E-state index in [1.165, 1.54) is 0 Å². The van der Waals surface area contributed by atoms with E-state index in [0.717, 1.165) is 5.56 Å². The van der Waals surface area contributed by atoms with Gasteiger partial charge in [-0.25, -0.2) is 0 Å². The Morgan fingerprint density at radius 2 is 1.22 bits per heavy atom. The summed E-state index contributed by atoms with van der Waals surface area (Å²) in [6, 6.07) is 17.9. The van der Waals surface area contributed by atoms with E-state index in [0.29, 0.717) is 5.75 Å². The maximum atomic E-state index is 10.6. The predicted octanol–water partition coefficient (Wildman–Crippen LogP) is 4.13. The van der Waals surface area contributed by atoms with Gasteiger partial charge in [-0.1, -0.05) is 48.5 Å². The maximum Gasteiger partial charge on any atom is 0.159 e. The molecule has 18 heavy (non-hydrogen) atoms. The Bertz CT molecular complexity index is 430. The van der Waals surface area contributed by atoms with Crippen molar-refractivity contribution < 1.29 is 9.90 Å². The van der Waals surface area contributed by atoms with Crippen LogP contribution in [0.5, 0.6) is 5.75 Å². The van der Waals surface area contributed by atoms with Gasteiger partial charge in [0.2, 0.25) is 0 Å². The van der Waals surface area contributed by atoms with Crippen LogP contribution in [-0.4, -0.2) is 10.9 Å². The van der Waals surface area contributed by atoms with Crippen LogP contribution in [0.25, 0.3) is 0 Å². The summed E-state index contributed by atoms with van der Waals surface area (Å²) >= 11 is 0. The van der Waals surface area contributed by atoms with Crippen molar-refractivity contribution in [3.05, 3.63) is 66.2 Å². The van der Waals surface area contributed by atoms with Crippen molar-refractivity contribution in [2.24, 2.45) is 0 Å². The van der Waals surface area contributed by atoms with Gasteiger partial charge in [0.25, 0.3) is 0 Å². The van der Waals surface area contributed by atoms with Crippen LogP contribution in [0.15, 0.2) is 60.7 Å².